The van der Waals surface area contributed by atoms with E-state index in [1.807, 2.05) is 60.9 Å². The van der Waals surface area contributed by atoms with Gasteiger partial charge in [0.25, 0.3) is 5.56 Å². The van der Waals surface area contributed by atoms with Gasteiger partial charge in [0.05, 0.1) is 18.8 Å². The van der Waals surface area contributed by atoms with Gasteiger partial charge in [-0.3, -0.25) is 4.79 Å². The minimum atomic E-state index is -0.165. The summed E-state index contributed by atoms with van der Waals surface area (Å²) in [5.41, 5.74) is 1.72. The Balaban J connectivity index is 1.61. The van der Waals surface area contributed by atoms with E-state index in [1.54, 1.807) is 32.1 Å². The van der Waals surface area contributed by atoms with Crippen LogP contribution in [-0.2, 0) is 0 Å². The molecule has 0 aliphatic carbocycles. The summed E-state index contributed by atoms with van der Waals surface area (Å²) in [6.07, 6.45) is 7.54. The minimum Gasteiger partial charge on any atom is -0.493 e. The van der Waals surface area contributed by atoms with Crippen LogP contribution in [0.1, 0.15) is 17.0 Å². The molecule has 0 unspecified atom stereocenters. The van der Waals surface area contributed by atoms with Crippen LogP contribution in [0.2, 0.25) is 0 Å². The molecule has 8 heteroatoms. The number of fused-ring (bicyclic) bond motifs is 1. The van der Waals surface area contributed by atoms with Crippen LogP contribution in [0.25, 0.3) is 23.2 Å². The highest BCUT2D eigenvalue weighted by Crippen LogP contribution is 2.28. The largest absolute Gasteiger partial charge is 0.493 e. The number of hydrogen-bond donors (Lipinski definition) is 0. The van der Waals surface area contributed by atoms with Gasteiger partial charge in [-0.2, -0.15) is 9.50 Å². The maximum Gasteiger partial charge on any atom is 0.291 e. The Morgan fingerprint density at radius 2 is 1.73 bits per heavy atom. The topological polar surface area (TPSA) is 65.7 Å². The molecule has 0 bridgehead atoms. The normalized spacial score (nSPS) is 12.2. The molecule has 0 saturated heterocycles. The van der Waals surface area contributed by atoms with Crippen LogP contribution in [0.5, 0.6) is 11.5 Å². The van der Waals surface area contributed by atoms with Crippen molar-refractivity contribution in [2.24, 2.45) is 0 Å². The van der Waals surface area contributed by atoms with Gasteiger partial charge in [-0.1, -0.05) is 35.6 Å². The molecule has 0 amide bonds. The van der Waals surface area contributed by atoms with Gasteiger partial charge in [0.1, 0.15) is 0 Å². The molecule has 152 valence electrons. The molecule has 0 spiro atoms. The van der Waals surface area contributed by atoms with Gasteiger partial charge < -0.3 is 9.47 Å². The smallest absolute Gasteiger partial charge is 0.291 e. The zero-order valence-electron chi connectivity index (χ0n) is 16.7. The monoisotopic (exact) mass is 437 g/mol. The van der Waals surface area contributed by atoms with Crippen LogP contribution in [0.4, 0.5) is 0 Å². The maximum atomic E-state index is 12.7. The minimum absolute atomic E-state index is 0.165. The van der Waals surface area contributed by atoms with Crippen LogP contribution in [0.15, 0.2) is 52.2 Å². The Bertz CT molecular complexity index is 1320. The highest BCUT2D eigenvalue weighted by molar-refractivity contribution is 7.98. The first-order chi connectivity index (χ1) is 14.6. The van der Waals surface area contributed by atoms with Crippen LogP contribution in [-0.4, -0.2) is 35.1 Å². The summed E-state index contributed by atoms with van der Waals surface area (Å²) < 4.78 is 12.5. The fourth-order valence-electron chi connectivity index (χ4n) is 2.90. The average molecular weight is 438 g/mol. The maximum absolute atomic E-state index is 12.7. The lowest BCUT2D eigenvalue weighted by molar-refractivity contribution is 0.355. The summed E-state index contributed by atoms with van der Waals surface area (Å²) in [6.45, 7) is 0. The van der Waals surface area contributed by atoms with Gasteiger partial charge in [0.15, 0.2) is 17.3 Å². The van der Waals surface area contributed by atoms with Gasteiger partial charge in [0, 0.05) is 4.90 Å². The summed E-state index contributed by atoms with van der Waals surface area (Å²) in [5, 5.41) is 4.33. The number of benzene rings is 2. The number of ether oxygens (including phenoxy) is 2. The molecule has 0 fully saturated rings. The molecule has 2 heterocycles. The van der Waals surface area contributed by atoms with Crippen molar-refractivity contribution >= 4 is 46.3 Å². The Hall–Kier alpha value is -3.10. The van der Waals surface area contributed by atoms with Crippen LogP contribution >= 0.6 is 23.1 Å². The molecule has 0 saturated carbocycles. The van der Waals surface area contributed by atoms with Crippen molar-refractivity contribution in [2.75, 3.05) is 20.5 Å². The van der Waals surface area contributed by atoms with Gasteiger partial charge in [-0.05, 0) is 53.8 Å². The summed E-state index contributed by atoms with van der Waals surface area (Å²) >= 11 is 3.01. The molecule has 6 nitrogen and oxygen atoms in total. The van der Waals surface area contributed by atoms with Crippen molar-refractivity contribution in [2.45, 2.75) is 4.90 Å². The highest BCUT2D eigenvalue weighted by Gasteiger charge is 2.09. The molecule has 4 aromatic rings. The first kappa shape index (κ1) is 20.2. The molecule has 0 radical (unpaired) electrons. The number of hydrogen-bond acceptors (Lipinski definition) is 7. The molecule has 0 atom stereocenters. The van der Waals surface area contributed by atoms with Gasteiger partial charge in [-0.25, -0.2) is 0 Å². The van der Waals surface area contributed by atoms with E-state index < -0.39 is 0 Å². The fourth-order valence-corrected chi connectivity index (χ4v) is 4.22. The van der Waals surface area contributed by atoms with Crippen LogP contribution in [0.3, 0.4) is 0 Å². The zero-order valence-corrected chi connectivity index (χ0v) is 18.3. The van der Waals surface area contributed by atoms with Crippen LogP contribution < -0.4 is 19.6 Å². The SMILES string of the molecule is COc1ccc(/C=C/c2nc3s/c(=C\c4ccc(SC)cc4)c(=O)n3n2)cc1OC. The summed E-state index contributed by atoms with van der Waals surface area (Å²) in [5.74, 6) is 1.79. The van der Waals surface area contributed by atoms with Gasteiger partial charge in [0.2, 0.25) is 4.96 Å². The molecule has 30 heavy (non-hydrogen) atoms. The third-order valence-corrected chi connectivity index (χ3v) is 6.15. The molecule has 4 rings (SSSR count). The summed E-state index contributed by atoms with van der Waals surface area (Å²) in [6, 6.07) is 13.7. The van der Waals surface area contributed by atoms with E-state index in [9.17, 15) is 4.79 Å². The molecule has 0 aliphatic heterocycles. The van der Waals surface area contributed by atoms with Crippen molar-refractivity contribution < 1.29 is 9.47 Å². The molecule has 2 aromatic carbocycles. The lowest BCUT2D eigenvalue weighted by atomic mass is 10.2. The highest BCUT2D eigenvalue weighted by atomic mass is 32.2. The average Bonchev–Trinajstić information content (AvgIpc) is 3.31. The lowest BCUT2D eigenvalue weighted by Gasteiger charge is -2.07. The second-order valence-corrected chi connectivity index (χ2v) is 8.19. The van der Waals surface area contributed by atoms with E-state index >= 15 is 0 Å². The number of rotatable bonds is 6. The first-order valence-electron chi connectivity index (χ1n) is 9.06. The summed E-state index contributed by atoms with van der Waals surface area (Å²) in [4.78, 5) is 18.9. The molecule has 0 aliphatic rings. The number of methoxy groups -OCH3 is 2. The van der Waals surface area contributed by atoms with Gasteiger partial charge in [-0.15, -0.1) is 16.9 Å². The van der Waals surface area contributed by atoms with Crippen molar-refractivity contribution in [3.63, 3.8) is 0 Å². The van der Waals surface area contributed by atoms with Crippen molar-refractivity contribution in [3.8, 4) is 11.5 Å². The van der Waals surface area contributed by atoms with E-state index in [2.05, 4.69) is 10.1 Å². The third-order valence-electron chi connectivity index (χ3n) is 4.44. The van der Waals surface area contributed by atoms with Crippen molar-refractivity contribution in [3.05, 3.63) is 74.3 Å². The Kier molecular flexibility index (Phi) is 5.87. The fraction of sp³-hybridized carbons (Fsp3) is 0.136. The predicted molar refractivity (Wildman–Crippen MR) is 123 cm³/mol. The standard InChI is InChI=1S/C22H19N3O3S2/c1-27-17-10-6-14(12-18(17)28-2)7-11-20-23-22-25(24-20)21(26)19(30-22)13-15-4-8-16(29-3)9-5-15/h4-13H,1-3H3/b11-7+,19-13-. The van der Waals surface area contributed by atoms with Crippen LogP contribution in [0, 0.1) is 0 Å². The van der Waals surface area contributed by atoms with E-state index in [1.165, 1.54) is 20.7 Å². The number of nitrogens with zero attached hydrogens (tertiary/aromatic N) is 3. The molecular formula is C22H19N3O3S2. The molecule has 2 aromatic heterocycles. The molecule has 0 N–H and O–H groups in total. The van der Waals surface area contributed by atoms with E-state index in [0.29, 0.717) is 26.8 Å². The second-order valence-electron chi connectivity index (χ2n) is 6.30. The third kappa shape index (κ3) is 4.10. The Labute approximate surface area is 181 Å². The predicted octanol–water partition coefficient (Wildman–Crippen LogP) is 3.61. The van der Waals surface area contributed by atoms with E-state index in [0.717, 1.165) is 11.1 Å². The Morgan fingerprint density at radius 1 is 1.00 bits per heavy atom. The lowest BCUT2D eigenvalue weighted by Crippen LogP contribution is -2.23. The molecular weight excluding hydrogens is 418 g/mol. The number of aromatic nitrogens is 3. The quantitative estimate of drug-likeness (QED) is 0.430. The van der Waals surface area contributed by atoms with Gasteiger partial charge >= 0.3 is 0 Å². The van der Waals surface area contributed by atoms with E-state index in [4.69, 9.17) is 9.47 Å². The van der Waals surface area contributed by atoms with Crippen molar-refractivity contribution in [1.29, 1.82) is 0 Å². The summed E-state index contributed by atoms with van der Waals surface area (Å²) in [7, 11) is 3.19. The van der Waals surface area contributed by atoms with E-state index in [-0.39, 0.29) is 5.56 Å². The van der Waals surface area contributed by atoms with Crippen molar-refractivity contribution in [1.82, 2.24) is 14.6 Å². The number of thiazole rings is 1. The Morgan fingerprint density at radius 3 is 2.40 bits per heavy atom. The zero-order chi connectivity index (χ0) is 21.1. The first-order valence-corrected chi connectivity index (χ1v) is 11.1. The number of thioether (sulfide) groups is 1. The second kappa shape index (κ2) is 8.73.